The number of aryl methyl sites for hydroxylation is 1. The largest absolute Gasteiger partial charge is 0.497 e. The van der Waals surface area contributed by atoms with Gasteiger partial charge in [0.2, 0.25) is 0 Å². The van der Waals surface area contributed by atoms with Gasteiger partial charge in [-0.2, -0.15) is 0 Å². The Morgan fingerprint density at radius 3 is 2.44 bits per heavy atom. The van der Waals surface area contributed by atoms with E-state index in [9.17, 15) is 9.59 Å². The normalized spacial score (nSPS) is 11.4. The van der Waals surface area contributed by atoms with Gasteiger partial charge in [-0.3, -0.25) is 13.9 Å². The van der Waals surface area contributed by atoms with Crippen molar-refractivity contribution in [2.45, 2.75) is 26.9 Å². The van der Waals surface area contributed by atoms with Gasteiger partial charge in [-0.25, -0.2) is 9.78 Å². The van der Waals surface area contributed by atoms with E-state index in [1.807, 2.05) is 25.1 Å². The second-order valence-electron chi connectivity index (χ2n) is 5.84. The Bertz CT molecular complexity index is 1120. The third-order valence-corrected chi connectivity index (χ3v) is 4.37. The summed E-state index contributed by atoms with van der Waals surface area (Å²) in [7, 11) is 3.18. The van der Waals surface area contributed by atoms with Crippen LogP contribution in [0, 0.1) is 0 Å². The Labute approximate surface area is 155 Å². The van der Waals surface area contributed by atoms with Gasteiger partial charge in [-0.1, -0.05) is 0 Å². The minimum Gasteiger partial charge on any atom is -0.497 e. The molecular formula is C19H22N4O4. The van der Waals surface area contributed by atoms with Gasteiger partial charge < -0.3 is 14.5 Å². The lowest BCUT2D eigenvalue weighted by Crippen LogP contribution is -2.39. The number of hydrogen-bond donors (Lipinski definition) is 1. The van der Waals surface area contributed by atoms with Crippen molar-refractivity contribution in [2.24, 2.45) is 0 Å². The van der Waals surface area contributed by atoms with Crippen LogP contribution in [0.4, 0.5) is 0 Å². The van der Waals surface area contributed by atoms with Crippen molar-refractivity contribution in [3.05, 3.63) is 50.4 Å². The highest BCUT2D eigenvalue weighted by molar-refractivity contribution is 5.76. The van der Waals surface area contributed by atoms with Crippen LogP contribution >= 0.6 is 0 Å². The summed E-state index contributed by atoms with van der Waals surface area (Å²) in [5.41, 5.74) is 0.795. The van der Waals surface area contributed by atoms with Gasteiger partial charge in [0, 0.05) is 24.7 Å². The number of hydrogen-bond acceptors (Lipinski definition) is 5. The summed E-state index contributed by atoms with van der Waals surface area (Å²) in [6.07, 6.45) is 3.56. The molecule has 27 heavy (non-hydrogen) atoms. The first-order chi connectivity index (χ1) is 13.0. The summed E-state index contributed by atoms with van der Waals surface area (Å²) in [5, 5.41) is 0. The fourth-order valence-corrected chi connectivity index (χ4v) is 2.95. The first kappa shape index (κ1) is 18.5. The number of rotatable bonds is 6. The van der Waals surface area contributed by atoms with Crippen LogP contribution in [0.15, 0.2) is 27.8 Å². The highest BCUT2D eigenvalue weighted by Crippen LogP contribution is 2.26. The van der Waals surface area contributed by atoms with Crippen LogP contribution in [-0.4, -0.2) is 33.3 Å². The lowest BCUT2D eigenvalue weighted by atomic mass is 10.1. The zero-order valence-electron chi connectivity index (χ0n) is 15.8. The zero-order valence-corrected chi connectivity index (χ0v) is 15.8. The summed E-state index contributed by atoms with van der Waals surface area (Å²) in [4.78, 5) is 32.4. The molecule has 0 unspecified atom stereocenters. The van der Waals surface area contributed by atoms with Crippen molar-refractivity contribution >= 4 is 23.3 Å². The predicted octanol–water partition coefficient (Wildman–Crippen LogP) is 2.11. The molecule has 0 aliphatic rings. The molecule has 0 fully saturated rings. The molecule has 0 bridgehead atoms. The minimum atomic E-state index is -0.364. The van der Waals surface area contributed by atoms with Crippen LogP contribution in [0.1, 0.15) is 25.2 Å². The molecule has 0 saturated carbocycles. The number of aromatic amines is 1. The Morgan fingerprint density at radius 2 is 1.81 bits per heavy atom. The van der Waals surface area contributed by atoms with Crippen molar-refractivity contribution in [2.75, 3.05) is 14.2 Å². The molecule has 8 heteroatoms. The number of imidazole rings is 1. The number of nitrogens with one attached hydrogen (secondary N) is 1. The molecule has 2 heterocycles. The lowest BCUT2D eigenvalue weighted by Gasteiger charge is -2.07. The maximum Gasteiger partial charge on any atom is 0.332 e. The van der Waals surface area contributed by atoms with Crippen molar-refractivity contribution in [3.63, 3.8) is 0 Å². The number of ether oxygens (including phenoxy) is 2. The summed E-state index contributed by atoms with van der Waals surface area (Å²) in [6.45, 7) is 4.34. The van der Waals surface area contributed by atoms with Gasteiger partial charge in [0.05, 0.1) is 14.2 Å². The van der Waals surface area contributed by atoms with Crippen LogP contribution in [-0.2, 0) is 13.1 Å². The van der Waals surface area contributed by atoms with Gasteiger partial charge in [0.25, 0.3) is 5.56 Å². The molecule has 1 N–H and O–H groups in total. The van der Waals surface area contributed by atoms with E-state index in [-0.39, 0.29) is 11.2 Å². The van der Waals surface area contributed by atoms with Crippen molar-refractivity contribution in [1.29, 1.82) is 0 Å². The van der Waals surface area contributed by atoms with Crippen LogP contribution in [0.25, 0.3) is 23.3 Å². The van der Waals surface area contributed by atoms with E-state index in [0.29, 0.717) is 41.6 Å². The number of aromatic nitrogens is 4. The SMILES string of the molecule is CCn1c(=O)c2[nH]c(/C=C/c3ccc(OC)cc3OC)nc2n(CC)c1=O. The third-order valence-electron chi connectivity index (χ3n) is 4.37. The van der Waals surface area contributed by atoms with E-state index in [1.54, 1.807) is 33.3 Å². The summed E-state index contributed by atoms with van der Waals surface area (Å²) in [6, 6.07) is 5.48. The molecule has 0 radical (unpaired) electrons. The Morgan fingerprint density at radius 1 is 1.07 bits per heavy atom. The van der Waals surface area contributed by atoms with E-state index in [1.165, 1.54) is 9.13 Å². The smallest absolute Gasteiger partial charge is 0.332 e. The zero-order chi connectivity index (χ0) is 19.6. The fraction of sp³-hybridized carbons (Fsp3) is 0.316. The van der Waals surface area contributed by atoms with E-state index < -0.39 is 0 Å². The molecule has 0 amide bonds. The molecule has 2 aromatic heterocycles. The van der Waals surface area contributed by atoms with Crippen LogP contribution < -0.4 is 20.7 Å². The molecule has 0 saturated heterocycles. The van der Waals surface area contributed by atoms with Gasteiger partial charge in [-0.05, 0) is 38.1 Å². The van der Waals surface area contributed by atoms with Gasteiger partial charge in [0.1, 0.15) is 22.8 Å². The van der Waals surface area contributed by atoms with E-state index in [0.717, 1.165) is 5.56 Å². The average molecular weight is 370 g/mol. The molecule has 0 aliphatic heterocycles. The number of H-pyrrole nitrogens is 1. The molecule has 0 aliphatic carbocycles. The van der Waals surface area contributed by atoms with Crippen LogP contribution in [0.2, 0.25) is 0 Å². The number of nitrogens with zero attached hydrogens (tertiary/aromatic N) is 3. The lowest BCUT2D eigenvalue weighted by molar-refractivity contribution is 0.394. The van der Waals surface area contributed by atoms with Crippen molar-refractivity contribution < 1.29 is 9.47 Å². The van der Waals surface area contributed by atoms with E-state index >= 15 is 0 Å². The van der Waals surface area contributed by atoms with Crippen LogP contribution in [0.5, 0.6) is 11.5 Å². The van der Waals surface area contributed by atoms with Gasteiger partial charge >= 0.3 is 5.69 Å². The average Bonchev–Trinajstić information content (AvgIpc) is 3.11. The molecule has 0 spiro atoms. The molecule has 3 aromatic rings. The molecular weight excluding hydrogens is 348 g/mol. The first-order valence-corrected chi connectivity index (χ1v) is 8.67. The minimum absolute atomic E-state index is 0.306. The molecule has 1 aromatic carbocycles. The summed E-state index contributed by atoms with van der Waals surface area (Å²) in [5.74, 6) is 1.83. The molecule has 142 valence electrons. The van der Waals surface area contributed by atoms with Gasteiger partial charge in [-0.15, -0.1) is 0 Å². The van der Waals surface area contributed by atoms with Gasteiger partial charge in [0.15, 0.2) is 5.65 Å². The number of benzene rings is 1. The first-order valence-electron chi connectivity index (χ1n) is 8.67. The molecule has 0 atom stereocenters. The van der Waals surface area contributed by atoms with E-state index in [4.69, 9.17) is 9.47 Å². The second-order valence-corrected chi connectivity index (χ2v) is 5.84. The van der Waals surface area contributed by atoms with Crippen molar-refractivity contribution in [3.8, 4) is 11.5 Å². The highest BCUT2D eigenvalue weighted by Gasteiger charge is 2.15. The third kappa shape index (κ3) is 3.25. The maximum atomic E-state index is 12.5. The second kappa shape index (κ2) is 7.53. The number of fused-ring (bicyclic) bond motifs is 1. The quantitative estimate of drug-likeness (QED) is 0.718. The summed E-state index contributed by atoms with van der Waals surface area (Å²) < 4.78 is 13.3. The van der Waals surface area contributed by atoms with Crippen LogP contribution in [0.3, 0.4) is 0 Å². The highest BCUT2D eigenvalue weighted by atomic mass is 16.5. The van der Waals surface area contributed by atoms with Crippen molar-refractivity contribution in [1.82, 2.24) is 19.1 Å². The predicted molar refractivity (Wildman–Crippen MR) is 104 cm³/mol. The van der Waals surface area contributed by atoms with E-state index in [2.05, 4.69) is 9.97 Å². The monoisotopic (exact) mass is 370 g/mol. The molecule has 3 rings (SSSR count). The number of methoxy groups -OCH3 is 2. The Kier molecular flexibility index (Phi) is 5.16. The maximum absolute atomic E-state index is 12.5. The standard InChI is InChI=1S/C19H22N4O4/c1-5-22-17-16(18(24)23(6-2)19(22)25)20-15(21-17)10-8-12-7-9-13(26-3)11-14(12)27-4/h7-11H,5-6H2,1-4H3,(H,20,21)/b10-8+. The topological polar surface area (TPSA) is 91.1 Å². The Balaban J connectivity index is 2.09. The summed E-state index contributed by atoms with van der Waals surface area (Å²) >= 11 is 0. The molecule has 8 nitrogen and oxygen atoms in total. The Hall–Kier alpha value is -3.29. The fourth-order valence-electron chi connectivity index (χ4n) is 2.95.